The Balaban J connectivity index is 2.55. The van der Waals surface area contributed by atoms with Crippen molar-refractivity contribution in [2.75, 3.05) is 32.1 Å². The number of pyridine rings is 1. The average Bonchev–Trinajstić information content (AvgIpc) is 2.41. The van der Waals surface area contributed by atoms with Crippen molar-refractivity contribution >= 4 is 11.6 Å². The molecule has 100 valence electrons. The van der Waals surface area contributed by atoms with Gasteiger partial charge in [0, 0.05) is 33.0 Å². The Morgan fingerprint density at radius 3 is 3.00 bits per heavy atom. The predicted octanol–water partition coefficient (Wildman–Crippen LogP) is 1.67. The first kappa shape index (κ1) is 14.4. The van der Waals surface area contributed by atoms with Crippen LogP contribution in [0.1, 0.15) is 30.1 Å². The highest BCUT2D eigenvalue weighted by atomic mass is 16.5. The van der Waals surface area contributed by atoms with Crippen LogP contribution in [0.4, 0.5) is 5.69 Å². The second kappa shape index (κ2) is 8.47. The van der Waals surface area contributed by atoms with Crippen LogP contribution in [0.2, 0.25) is 0 Å². The van der Waals surface area contributed by atoms with Gasteiger partial charge in [0.15, 0.2) is 0 Å². The molecule has 0 atom stereocenters. The van der Waals surface area contributed by atoms with Gasteiger partial charge in [0.05, 0.1) is 17.4 Å². The number of nitrogens with one attached hydrogen (secondary N) is 2. The molecule has 0 aliphatic carbocycles. The Hall–Kier alpha value is -1.62. The number of carbonyl (C=O) groups excluding carboxylic acids is 1. The van der Waals surface area contributed by atoms with Crippen molar-refractivity contribution in [3.8, 4) is 0 Å². The maximum absolute atomic E-state index is 12.0. The number of amides is 1. The lowest BCUT2D eigenvalue weighted by Crippen LogP contribution is -2.26. The summed E-state index contributed by atoms with van der Waals surface area (Å²) in [5.41, 5.74) is 1.42. The van der Waals surface area contributed by atoms with Crippen molar-refractivity contribution in [2.45, 2.75) is 19.8 Å². The van der Waals surface area contributed by atoms with Crippen molar-refractivity contribution < 1.29 is 9.53 Å². The van der Waals surface area contributed by atoms with Crippen LogP contribution in [-0.2, 0) is 4.74 Å². The Morgan fingerprint density at radius 1 is 1.44 bits per heavy atom. The monoisotopic (exact) mass is 251 g/mol. The number of rotatable bonds is 8. The van der Waals surface area contributed by atoms with Gasteiger partial charge in [-0.3, -0.25) is 9.78 Å². The van der Waals surface area contributed by atoms with Crippen LogP contribution in [-0.4, -0.2) is 37.7 Å². The fourth-order valence-electron chi connectivity index (χ4n) is 1.51. The zero-order valence-electron chi connectivity index (χ0n) is 11.0. The van der Waals surface area contributed by atoms with Crippen molar-refractivity contribution in [3.63, 3.8) is 0 Å². The lowest BCUT2D eigenvalue weighted by molar-refractivity contribution is 0.0949. The number of anilines is 1. The third-order valence-corrected chi connectivity index (χ3v) is 2.44. The van der Waals surface area contributed by atoms with E-state index in [2.05, 4.69) is 22.5 Å². The minimum absolute atomic E-state index is 0.0768. The Bertz CT molecular complexity index is 369. The van der Waals surface area contributed by atoms with Crippen molar-refractivity contribution in [1.82, 2.24) is 10.3 Å². The number of methoxy groups -OCH3 is 1. The van der Waals surface area contributed by atoms with E-state index in [9.17, 15) is 4.79 Å². The third-order valence-electron chi connectivity index (χ3n) is 2.44. The van der Waals surface area contributed by atoms with E-state index in [1.54, 1.807) is 25.6 Å². The number of aromatic nitrogens is 1. The topological polar surface area (TPSA) is 63.2 Å². The number of hydrogen-bond donors (Lipinski definition) is 2. The van der Waals surface area contributed by atoms with Gasteiger partial charge in [-0.25, -0.2) is 0 Å². The van der Waals surface area contributed by atoms with Gasteiger partial charge in [-0.05, 0) is 18.9 Å². The number of ether oxygens (including phenoxy) is 1. The Kier molecular flexibility index (Phi) is 6.79. The molecule has 2 N–H and O–H groups in total. The lowest BCUT2D eigenvalue weighted by Gasteiger charge is -2.10. The first-order chi connectivity index (χ1) is 8.79. The van der Waals surface area contributed by atoms with Gasteiger partial charge in [0.25, 0.3) is 5.91 Å². The van der Waals surface area contributed by atoms with E-state index in [-0.39, 0.29) is 5.91 Å². The van der Waals surface area contributed by atoms with Gasteiger partial charge in [0.2, 0.25) is 0 Å². The van der Waals surface area contributed by atoms with Gasteiger partial charge in [-0.2, -0.15) is 0 Å². The van der Waals surface area contributed by atoms with Crippen LogP contribution < -0.4 is 10.6 Å². The number of nitrogens with zero attached hydrogens (tertiary/aromatic N) is 1. The maximum Gasteiger partial charge on any atom is 0.253 e. The van der Waals surface area contributed by atoms with E-state index in [4.69, 9.17) is 4.74 Å². The number of carbonyl (C=O) groups is 1. The second-order valence-electron chi connectivity index (χ2n) is 3.95. The quantitative estimate of drug-likeness (QED) is 0.690. The summed E-state index contributed by atoms with van der Waals surface area (Å²) >= 11 is 0. The fraction of sp³-hybridized carbons (Fsp3) is 0.538. The zero-order chi connectivity index (χ0) is 13.2. The summed E-state index contributed by atoms with van der Waals surface area (Å²) in [5.74, 6) is -0.0768. The molecular weight excluding hydrogens is 230 g/mol. The molecular formula is C13H21N3O2. The molecule has 0 spiro atoms. The summed E-state index contributed by atoms with van der Waals surface area (Å²) < 4.78 is 4.93. The van der Waals surface area contributed by atoms with E-state index in [1.807, 2.05) is 0 Å². The molecule has 18 heavy (non-hydrogen) atoms. The molecule has 5 nitrogen and oxygen atoms in total. The van der Waals surface area contributed by atoms with Gasteiger partial charge in [-0.15, -0.1) is 0 Å². The molecule has 0 saturated carbocycles. The largest absolute Gasteiger partial charge is 0.385 e. The van der Waals surface area contributed by atoms with E-state index < -0.39 is 0 Å². The highest BCUT2D eigenvalue weighted by molar-refractivity contribution is 5.99. The molecule has 5 heteroatoms. The van der Waals surface area contributed by atoms with E-state index in [0.717, 1.165) is 25.1 Å². The maximum atomic E-state index is 12.0. The molecule has 0 bridgehead atoms. The van der Waals surface area contributed by atoms with Crippen LogP contribution in [0.5, 0.6) is 0 Å². The van der Waals surface area contributed by atoms with Gasteiger partial charge in [0.1, 0.15) is 0 Å². The average molecular weight is 251 g/mol. The first-order valence-electron chi connectivity index (χ1n) is 6.24. The fourth-order valence-corrected chi connectivity index (χ4v) is 1.51. The zero-order valence-corrected chi connectivity index (χ0v) is 11.0. The minimum Gasteiger partial charge on any atom is -0.385 e. The van der Waals surface area contributed by atoms with Gasteiger partial charge >= 0.3 is 0 Å². The first-order valence-corrected chi connectivity index (χ1v) is 6.24. The van der Waals surface area contributed by atoms with Crippen LogP contribution in [0, 0.1) is 0 Å². The van der Waals surface area contributed by atoms with Crippen molar-refractivity contribution in [3.05, 3.63) is 24.0 Å². The lowest BCUT2D eigenvalue weighted by atomic mass is 10.2. The summed E-state index contributed by atoms with van der Waals surface area (Å²) in [7, 11) is 1.65. The number of hydrogen-bond acceptors (Lipinski definition) is 4. The standard InChI is InChI=1S/C13H21N3O2/c1-3-6-15-12-10-14-8-5-11(12)13(17)16-7-4-9-18-2/h5,8,10,15H,3-4,6-7,9H2,1-2H3,(H,16,17). The summed E-state index contributed by atoms with van der Waals surface area (Å²) in [6, 6.07) is 1.73. The summed E-state index contributed by atoms with van der Waals surface area (Å²) in [6.45, 7) is 4.17. The molecule has 0 radical (unpaired) electrons. The van der Waals surface area contributed by atoms with E-state index >= 15 is 0 Å². The van der Waals surface area contributed by atoms with E-state index in [1.165, 1.54) is 0 Å². The smallest absolute Gasteiger partial charge is 0.253 e. The molecule has 0 aromatic carbocycles. The SMILES string of the molecule is CCCNc1cnccc1C(=O)NCCCOC. The molecule has 1 heterocycles. The van der Waals surface area contributed by atoms with Crippen LogP contribution in [0.15, 0.2) is 18.5 Å². The minimum atomic E-state index is -0.0768. The van der Waals surface area contributed by atoms with Crippen molar-refractivity contribution in [2.24, 2.45) is 0 Å². The Labute approximate surface area is 108 Å². The van der Waals surface area contributed by atoms with Crippen LogP contribution in [0.3, 0.4) is 0 Å². The molecule has 0 aliphatic rings. The molecule has 0 aliphatic heterocycles. The summed E-state index contributed by atoms with van der Waals surface area (Å²) in [5, 5.41) is 6.06. The summed E-state index contributed by atoms with van der Waals surface area (Å²) in [6.07, 6.45) is 5.12. The van der Waals surface area contributed by atoms with Crippen LogP contribution in [0.25, 0.3) is 0 Å². The summed E-state index contributed by atoms with van der Waals surface area (Å²) in [4.78, 5) is 16.0. The predicted molar refractivity (Wildman–Crippen MR) is 71.8 cm³/mol. The Morgan fingerprint density at radius 2 is 2.28 bits per heavy atom. The molecule has 1 rings (SSSR count). The third kappa shape index (κ3) is 4.71. The molecule has 1 aromatic rings. The highest BCUT2D eigenvalue weighted by Crippen LogP contribution is 2.13. The molecule has 1 amide bonds. The normalized spacial score (nSPS) is 10.1. The molecule has 0 unspecified atom stereocenters. The van der Waals surface area contributed by atoms with Crippen molar-refractivity contribution in [1.29, 1.82) is 0 Å². The molecule has 0 fully saturated rings. The second-order valence-corrected chi connectivity index (χ2v) is 3.95. The van der Waals surface area contributed by atoms with Gasteiger partial charge < -0.3 is 15.4 Å². The molecule has 1 aromatic heterocycles. The van der Waals surface area contributed by atoms with Crippen LogP contribution >= 0.6 is 0 Å². The highest BCUT2D eigenvalue weighted by Gasteiger charge is 2.10. The molecule has 0 saturated heterocycles. The van der Waals surface area contributed by atoms with E-state index in [0.29, 0.717) is 18.7 Å². The van der Waals surface area contributed by atoms with Gasteiger partial charge in [-0.1, -0.05) is 6.92 Å².